The highest BCUT2D eigenvalue weighted by atomic mass is 35.5. The maximum atomic E-state index is 14.2. The number of Topliss-reactive ketones (excluding diaryl/α,β-unsaturated/α-hetero) is 2. The van der Waals surface area contributed by atoms with E-state index in [2.05, 4.69) is 23.9 Å². The highest BCUT2D eigenvalue weighted by Gasteiger charge is 2.46. The van der Waals surface area contributed by atoms with E-state index in [4.69, 9.17) is 16.1 Å². The van der Waals surface area contributed by atoms with Gasteiger partial charge in [0.25, 0.3) is 0 Å². The van der Waals surface area contributed by atoms with Crippen molar-refractivity contribution in [1.82, 2.24) is 10.1 Å². The third kappa shape index (κ3) is 6.56. The zero-order valence-electron chi connectivity index (χ0n) is 22.2. The molecule has 202 valence electrons. The second-order valence-corrected chi connectivity index (χ2v) is 12.1. The molecule has 38 heavy (non-hydrogen) atoms. The second-order valence-electron chi connectivity index (χ2n) is 11.7. The van der Waals surface area contributed by atoms with Crippen molar-refractivity contribution < 1.29 is 22.9 Å². The van der Waals surface area contributed by atoms with Crippen LogP contribution in [0.2, 0.25) is 5.02 Å². The summed E-state index contributed by atoms with van der Waals surface area (Å²) >= 11 is 6.18. The minimum Gasteiger partial charge on any atom is -0.355 e. The van der Waals surface area contributed by atoms with Crippen LogP contribution in [0.15, 0.2) is 53.1 Å². The SMILES string of the molecule is CC(C)CN1CC(CC(=O)CC(C)(C)c2cccc(Cl)c2)(CC(=O)c2cc(-c3ccc(F)cc3F)on2)C1. The molecule has 1 aromatic heterocycles. The molecule has 0 spiro atoms. The Morgan fingerprint density at radius 3 is 2.50 bits per heavy atom. The van der Waals surface area contributed by atoms with Gasteiger partial charge in [-0.2, -0.15) is 0 Å². The van der Waals surface area contributed by atoms with Crippen molar-refractivity contribution in [1.29, 1.82) is 0 Å². The van der Waals surface area contributed by atoms with Gasteiger partial charge < -0.3 is 9.42 Å². The number of nitrogens with zero attached hydrogens (tertiary/aromatic N) is 2. The summed E-state index contributed by atoms with van der Waals surface area (Å²) in [7, 11) is 0. The van der Waals surface area contributed by atoms with Crippen LogP contribution >= 0.6 is 11.6 Å². The topological polar surface area (TPSA) is 63.4 Å². The lowest BCUT2D eigenvalue weighted by Crippen LogP contribution is -2.58. The van der Waals surface area contributed by atoms with Crippen LogP contribution in [0.25, 0.3) is 11.3 Å². The van der Waals surface area contributed by atoms with Gasteiger partial charge in [-0.3, -0.25) is 9.59 Å². The Morgan fingerprint density at radius 1 is 1.11 bits per heavy atom. The number of halogens is 3. The number of likely N-dealkylation sites (tertiary alicyclic amines) is 1. The third-order valence-electron chi connectivity index (χ3n) is 7.09. The van der Waals surface area contributed by atoms with Crippen LogP contribution in [0.1, 0.15) is 63.0 Å². The van der Waals surface area contributed by atoms with Gasteiger partial charge in [0, 0.05) is 61.5 Å². The molecule has 5 nitrogen and oxygen atoms in total. The lowest BCUT2D eigenvalue weighted by molar-refractivity contribution is -0.126. The molecule has 1 aliphatic rings. The average molecular weight is 543 g/mol. The number of benzene rings is 2. The van der Waals surface area contributed by atoms with Gasteiger partial charge in [-0.05, 0) is 41.2 Å². The number of carbonyl (C=O) groups is 2. The Morgan fingerprint density at radius 2 is 1.84 bits per heavy atom. The first-order valence-corrected chi connectivity index (χ1v) is 13.2. The van der Waals surface area contributed by atoms with Crippen LogP contribution in [0.4, 0.5) is 8.78 Å². The maximum absolute atomic E-state index is 14.2. The molecule has 2 aromatic carbocycles. The Hall–Kier alpha value is -2.90. The summed E-state index contributed by atoms with van der Waals surface area (Å²) in [4.78, 5) is 28.9. The van der Waals surface area contributed by atoms with Gasteiger partial charge in [0.15, 0.2) is 11.5 Å². The van der Waals surface area contributed by atoms with Gasteiger partial charge in [-0.1, -0.05) is 56.6 Å². The molecule has 1 saturated heterocycles. The van der Waals surface area contributed by atoms with Crippen LogP contribution < -0.4 is 0 Å². The molecule has 0 radical (unpaired) electrons. The largest absolute Gasteiger partial charge is 0.355 e. The van der Waals surface area contributed by atoms with Crippen LogP contribution in [-0.4, -0.2) is 41.3 Å². The van der Waals surface area contributed by atoms with Crippen LogP contribution in [0, 0.1) is 23.0 Å². The molecule has 0 amide bonds. The van der Waals surface area contributed by atoms with Crippen molar-refractivity contribution in [3.05, 3.63) is 76.4 Å². The maximum Gasteiger partial charge on any atom is 0.185 e. The molecule has 3 aromatic rings. The van der Waals surface area contributed by atoms with Crippen molar-refractivity contribution in [3.63, 3.8) is 0 Å². The summed E-state index contributed by atoms with van der Waals surface area (Å²) in [5.74, 6) is -1.18. The van der Waals surface area contributed by atoms with Crippen LogP contribution in [0.5, 0.6) is 0 Å². The van der Waals surface area contributed by atoms with E-state index in [1.807, 2.05) is 32.0 Å². The zero-order valence-corrected chi connectivity index (χ0v) is 22.9. The zero-order chi connectivity index (χ0) is 27.7. The first kappa shape index (κ1) is 28.1. The Kier molecular flexibility index (Phi) is 8.19. The minimum absolute atomic E-state index is 0.0258. The van der Waals surface area contributed by atoms with Gasteiger partial charge in [-0.25, -0.2) is 8.78 Å². The van der Waals surface area contributed by atoms with Crippen molar-refractivity contribution in [3.8, 4) is 11.3 Å². The number of hydrogen-bond acceptors (Lipinski definition) is 5. The molecular weight excluding hydrogens is 510 g/mol. The van der Waals surface area contributed by atoms with Crippen LogP contribution in [0.3, 0.4) is 0 Å². The van der Waals surface area contributed by atoms with E-state index in [9.17, 15) is 18.4 Å². The van der Waals surface area contributed by atoms with Crippen molar-refractivity contribution >= 4 is 23.2 Å². The molecule has 0 bridgehead atoms. The van der Waals surface area contributed by atoms with Gasteiger partial charge in [0.05, 0.1) is 5.56 Å². The van der Waals surface area contributed by atoms with E-state index in [0.717, 1.165) is 24.2 Å². The first-order valence-electron chi connectivity index (χ1n) is 12.8. The highest BCUT2D eigenvalue weighted by molar-refractivity contribution is 6.30. The summed E-state index contributed by atoms with van der Waals surface area (Å²) in [6, 6.07) is 12.0. The third-order valence-corrected chi connectivity index (χ3v) is 7.32. The van der Waals surface area contributed by atoms with Crippen molar-refractivity contribution in [2.75, 3.05) is 19.6 Å². The average Bonchev–Trinajstić information content (AvgIpc) is 3.27. The van der Waals surface area contributed by atoms with Crippen molar-refractivity contribution in [2.24, 2.45) is 11.3 Å². The molecule has 2 heterocycles. The molecule has 0 saturated carbocycles. The minimum atomic E-state index is -0.798. The molecule has 8 heteroatoms. The van der Waals surface area contributed by atoms with Crippen molar-refractivity contribution in [2.45, 2.75) is 52.4 Å². The van der Waals surface area contributed by atoms with Crippen LogP contribution in [-0.2, 0) is 10.2 Å². The van der Waals surface area contributed by atoms with E-state index in [0.29, 0.717) is 30.5 Å². The Balaban J connectivity index is 1.49. The number of carbonyl (C=O) groups excluding carboxylic acids is 2. The van der Waals surface area contributed by atoms with E-state index < -0.39 is 22.5 Å². The quantitative estimate of drug-likeness (QED) is 0.241. The highest BCUT2D eigenvalue weighted by Crippen LogP contribution is 2.41. The van der Waals surface area contributed by atoms with Gasteiger partial charge in [-0.15, -0.1) is 0 Å². The predicted molar refractivity (Wildman–Crippen MR) is 143 cm³/mol. The second kappa shape index (κ2) is 11.1. The van der Waals surface area contributed by atoms with Gasteiger partial charge >= 0.3 is 0 Å². The van der Waals surface area contributed by atoms with Gasteiger partial charge in [0.2, 0.25) is 0 Å². The van der Waals surface area contributed by atoms with E-state index in [1.165, 1.54) is 12.1 Å². The number of rotatable bonds is 11. The monoisotopic (exact) mass is 542 g/mol. The summed E-state index contributed by atoms with van der Waals surface area (Å²) in [6.45, 7) is 10.5. The summed E-state index contributed by atoms with van der Waals surface area (Å²) in [5, 5.41) is 4.48. The molecule has 0 unspecified atom stereocenters. The Labute approximate surface area is 227 Å². The van der Waals surface area contributed by atoms with E-state index >= 15 is 0 Å². The summed E-state index contributed by atoms with van der Waals surface area (Å²) in [5.41, 5.74) is 0.166. The van der Waals surface area contributed by atoms with Gasteiger partial charge in [0.1, 0.15) is 23.1 Å². The molecule has 4 rings (SSSR count). The number of ketones is 2. The number of aromatic nitrogens is 1. The fourth-order valence-electron chi connectivity index (χ4n) is 5.47. The van der Waals surface area contributed by atoms with E-state index in [1.54, 1.807) is 6.07 Å². The summed E-state index contributed by atoms with van der Waals surface area (Å²) in [6.07, 6.45) is 0.725. The fourth-order valence-corrected chi connectivity index (χ4v) is 5.66. The molecule has 0 atom stereocenters. The lowest BCUT2D eigenvalue weighted by Gasteiger charge is -2.50. The lowest BCUT2D eigenvalue weighted by atomic mass is 9.69. The molecule has 1 aliphatic heterocycles. The van der Waals surface area contributed by atoms with E-state index in [-0.39, 0.29) is 41.4 Å². The Bertz CT molecular complexity index is 1330. The molecule has 0 aliphatic carbocycles. The summed E-state index contributed by atoms with van der Waals surface area (Å²) < 4.78 is 32.7. The normalized spacial score (nSPS) is 15.5. The molecule has 1 fully saturated rings. The standard InChI is InChI=1S/C30H33ClF2N2O3/c1-19(2)16-35-17-30(18-35,14-23(36)13-29(3,4)20-6-5-7-21(31)10-20)15-27(37)26-12-28(38-34-26)24-9-8-22(32)11-25(24)33/h5-12,19H,13-18H2,1-4H3. The first-order chi connectivity index (χ1) is 17.9. The number of hydrogen-bond donors (Lipinski definition) is 0. The molecule has 0 N–H and O–H groups in total. The smallest absolute Gasteiger partial charge is 0.185 e. The molecular formula is C30H33ClF2N2O3. The predicted octanol–water partition coefficient (Wildman–Crippen LogP) is 7.13. The fraction of sp³-hybridized carbons (Fsp3) is 0.433.